The molecule has 3 atom stereocenters. The molecule has 0 unspecified atom stereocenters. The molecule has 546 valence electrons. The molecule has 5 amide bonds. The summed E-state index contributed by atoms with van der Waals surface area (Å²) in [6.45, 7) is 34.5. The van der Waals surface area contributed by atoms with Crippen molar-refractivity contribution in [3.63, 3.8) is 0 Å². The summed E-state index contributed by atoms with van der Waals surface area (Å²) in [7, 11) is 0. The Bertz CT molecular complexity index is 3100. The van der Waals surface area contributed by atoms with E-state index in [2.05, 4.69) is 26.6 Å². The number of hydrogen-bond donors (Lipinski definition) is 5. The van der Waals surface area contributed by atoms with E-state index >= 15 is 0 Å². The van der Waals surface area contributed by atoms with Crippen LogP contribution in [0.3, 0.4) is 0 Å². The van der Waals surface area contributed by atoms with Crippen LogP contribution < -0.4 is 26.6 Å². The summed E-state index contributed by atoms with van der Waals surface area (Å²) in [5.74, 6) is -4.51. The van der Waals surface area contributed by atoms with E-state index in [1.54, 1.807) is 149 Å². The predicted octanol–water partition coefficient (Wildman–Crippen LogP) is 7.42. The maximum atomic E-state index is 14.2. The van der Waals surface area contributed by atoms with E-state index in [1.807, 2.05) is 62.1 Å². The van der Waals surface area contributed by atoms with Crippen molar-refractivity contribution in [3.05, 3.63) is 77.9 Å². The third-order valence-electron chi connectivity index (χ3n) is 14.4. The van der Waals surface area contributed by atoms with Gasteiger partial charge >= 0.3 is 41.8 Å². The molecule has 1 aliphatic heterocycles. The summed E-state index contributed by atoms with van der Waals surface area (Å²) in [6.07, 6.45) is 0.472. The molecule has 4 rings (SSSR count). The first-order valence-corrected chi connectivity index (χ1v) is 34.1. The van der Waals surface area contributed by atoms with Crippen molar-refractivity contribution >= 4 is 76.0 Å². The fraction of sp³-hybridized carbons (Fsp3) is 0.644. The van der Waals surface area contributed by atoms with Gasteiger partial charge in [-0.1, -0.05) is 54.6 Å². The number of benzene rings is 3. The lowest BCUT2D eigenvalue weighted by molar-refractivity contribution is -0.159. The fourth-order valence-electron chi connectivity index (χ4n) is 10.3. The molecule has 3 aromatic rings. The third-order valence-corrected chi connectivity index (χ3v) is 14.4. The highest BCUT2D eigenvalue weighted by Gasteiger charge is 2.33. The van der Waals surface area contributed by atoms with Crippen molar-refractivity contribution in [1.82, 2.24) is 40.9 Å². The molecule has 1 fully saturated rings. The van der Waals surface area contributed by atoms with E-state index in [-0.39, 0.29) is 70.7 Å². The predicted molar refractivity (Wildman–Crippen MR) is 375 cm³/mol. The zero-order valence-electron chi connectivity index (χ0n) is 61.5. The molecule has 1 saturated heterocycles. The standard InChI is InChI=1S/C73H113N9O16/c1-68(2,3)93-60(85)33-32-56(66(91)98-73(16,17)18)78-67(92)77-55(65(90)97-72(13,14)15)25-21-22-34-74-64(89)57(44-51-26-29-52-23-19-20-24-53(52)43-51)76-58(83)45-50-27-30-54(31-28-50)75-59(84)46-79-35-37-80(47-61(86)94-69(4,5)6)39-41-82(49-63(88)96-71(10,11)12)42-40-81(38-36-79)48-62(87)95-70(7,8)9/h19-20,23-24,26-31,43,55-57H,21-22,25,32-42,44-49H2,1-18H3,(H,74,89)(H,75,84)(H,76,83)(H2,77,78,92)/t55-,56-,57-/m0/s1. The summed E-state index contributed by atoms with van der Waals surface area (Å²) >= 11 is 0. The normalized spacial score (nSPS) is 15.5. The number of nitrogens with zero attached hydrogens (tertiary/aromatic N) is 4. The molecule has 25 nitrogen and oxygen atoms in total. The highest BCUT2D eigenvalue weighted by atomic mass is 16.6. The second kappa shape index (κ2) is 37.4. The van der Waals surface area contributed by atoms with Crippen molar-refractivity contribution < 1.29 is 76.4 Å². The van der Waals surface area contributed by atoms with Gasteiger partial charge in [0, 0.05) is 77.4 Å². The average molecular weight is 1370 g/mol. The average Bonchev–Trinajstić information content (AvgIpc) is 0.915. The number of ether oxygens (including phenoxy) is 6. The Balaban J connectivity index is 1.46. The molecule has 3 aromatic carbocycles. The van der Waals surface area contributed by atoms with E-state index in [4.69, 9.17) is 28.4 Å². The molecule has 0 aliphatic carbocycles. The van der Waals surface area contributed by atoms with Crippen LogP contribution in [0.2, 0.25) is 0 Å². The van der Waals surface area contributed by atoms with Crippen molar-refractivity contribution in [2.45, 2.75) is 221 Å². The van der Waals surface area contributed by atoms with Crippen LogP contribution in [0.15, 0.2) is 66.7 Å². The zero-order valence-corrected chi connectivity index (χ0v) is 61.5. The fourth-order valence-corrected chi connectivity index (χ4v) is 10.3. The number of rotatable bonds is 27. The molecule has 1 aliphatic rings. The molecule has 0 aromatic heterocycles. The minimum Gasteiger partial charge on any atom is -0.460 e. The highest BCUT2D eigenvalue weighted by molar-refractivity contribution is 5.93. The van der Waals surface area contributed by atoms with Crippen molar-refractivity contribution in [2.24, 2.45) is 0 Å². The maximum Gasteiger partial charge on any atom is 0.329 e. The first-order chi connectivity index (χ1) is 45.3. The summed E-state index contributed by atoms with van der Waals surface area (Å²) in [6, 6.07) is 16.1. The molecule has 0 spiro atoms. The van der Waals surface area contributed by atoms with Crippen LogP contribution in [0.25, 0.3) is 10.8 Å². The summed E-state index contributed by atoms with van der Waals surface area (Å²) in [4.78, 5) is 143. The lowest BCUT2D eigenvalue weighted by atomic mass is 10.0. The first kappa shape index (κ1) is 82.7. The van der Waals surface area contributed by atoms with Gasteiger partial charge in [0.1, 0.15) is 51.7 Å². The maximum absolute atomic E-state index is 14.2. The van der Waals surface area contributed by atoms with E-state index in [0.29, 0.717) is 76.5 Å². The van der Waals surface area contributed by atoms with E-state index < -0.39 is 105 Å². The van der Waals surface area contributed by atoms with Gasteiger partial charge in [-0.3, -0.25) is 53.2 Å². The quantitative estimate of drug-likeness (QED) is 0.0282. The Morgan fingerprint density at radius 1 is 0.408 bits per heavy atom. The molecule has 1 heterocycles. The van der Waals surface area contributed by atoms with Gasteiger partial charge in [-0.05, 0) is 184 Å². The van der Waals surface area contributed by atoms with E-state index in [0.717, 1.165) is 16.3 Å². The highest BCUT2D eigenvalue weighted by Crippen LogP contribution is 2.20. The van der Waals surface area contributed by atoms with Gasteiger partial charge in [0.25, 0.3) is 0 Å². The SMILES string of the molecule is CC(C)(C)OC(=O)CC[C@H](NC(=O)N[C@@H](CCCCNC(=O)[C@H](Cc1ccc2ccccc2c1)NC(=O)Cc1ccc(NC(=O)CN2CCN(CC(=O)OC(C)(C)C)CCN(CC(=O)OC(C)(C)C)CCN(CC(=O)OC(C)(C)C)CC2)cc1)C(=O)OC(C)(C)C)C(=O)OC(C)(C)C. The van der Waals surface area contributed by atoms with Gasteiger partial charge in [-0.2, -0.15) is 0 Å². The number of carbonyl (C=O) groups excluding carboxylic acids is 10. The smallest absolute Gasteiger partial charge is 0.329 e. The molecule has 5 N–H and O–H groups in total. The monoisotopic (exact) mass is 1370 g/mol. The number of urea groups is 1. The first-order valence-electron chi connectivity index (χ1n) is 34.1. The van der Waals surface area contributed by atoms with Gasteiger partial charge in [0.05, 0.1) is 32.6 Å². The van der Waals surface area contributed by atoms with E-state index in [1.165, 1.54) is 0 Å². The van der Waals surface area contributed by atoms with Gasteiger partial charge in [-0.25, -0.2) is 14.4 Å². The second-order valence-corrected chi connectivity index (χ2v) is 31.0. The lowest BCUT2D eigenvalue weighted by Crippen LogP contribution is -2.53. The molecular weight excluding hydrogens is 1260 g/mol. The van der Waals surface area contributed by atoms with Gasteiger partial charge in [0.15, 0.2) is 0 Å². The van der Waals surface area contributed by atoms with Crippen LogP contribution >= 0.6 is 0 Å². The van der Waals surface area contributed by atoms with Gasteiger partial charge in [-0.15, -0.1) is 0 Å². The number of esters is 6. The van der Waals surface area contributed by atoms with Crippen molar-refractivity contribution in [1.29, 1.82) is 0 Å². The van der Waals surface area contributed by atoms with Crippen LogP contribution in [0.5, 0.6) is 0 Å². The Labute approximate surface area is 580 Å². The van der Waals surface area contributed by atoms with Crippen LogP contribution in [0.4, 0.5) is 10.5 Å². The molecule has 0 radical (unpaired) electrons. The number of nitrogens with one attached hydrogen (secondary N) is 5. The zero-order chi connectivity index (χ0) is 73.4. The van der Waals surface area contributed by atoms with Crippen LogP contribution in [-0.4, -0.2) is 216 Å². The van der Waals surface area contributed by atoms with E-state index in [9.17, 15) is 47.9 Å². The minimum absolute atomic E-state index is 0.00424. The Hall–Kier alpha value is -7.74. The molecular formula is C73H113N9O16. The largest absolute Gasteiger partial charge is 0.460 e. The van der Waals surface area contributed by atoms with Crippen molar-refractivity contribution in [2.75, 3.05) is 90.4 Å². The van der Waals surface area contributed by atoms with Crippen molar-refractivity contribution in [3.8, 4) is 0 Å². The van der Waals surface area contributed by atoms with Crippen LogP contribution in [-0.2, 0) is 84.4 Å². The topological polar surface area (TPSA) is 299 Å². The molecule has 0 bridgehead atoms. The summed E-state index contributed by atoms with van der Waals surface area (Å²) in [5.41, 5.74) is -2.84. The Kier molecular flexibility index (Phi) is 31.6. The second-order valence-electron chi connectivity index (χ2n) is 31.0. The third kappa shape index (κ3) is 35.7. The number of carbonyl (C=O) groups is 10. The van der Waals surface area contributed by atoms with Gasteiger partial charge in [0.2, 0.25) is 17.7 Å². The molecule has 25 heteroatoms. The number of unbranched alkanes of at least 4 members (excludes halogenated alkanes) is 1. The number of hydrogen-bond acceptors (Lipinski definition) is 20. The summed E-state index contributed by atoms with van der Waals surface area (Å²) < 4.78 is 33.7. The number of fused-ring (bicyclic) bond motifs is 1. The lowest BCUT2D eigenvalue weighted by Gasteiger charge is -2.34. The number of anilines is 1. The minimum atomic E-state index is -1.27. The Morgan fingerprint density at radius 3 is 1.24 bits per heavy atom. The van der Waals surface area contributed by atoms with Crippen LogP contribution in [0.1, 0.15) is 168 Å². The summed E-state index contributed by atoms with van der Waals surface area (Å²) in [5, 5.41) is 16.0. The number of amides is 5. The molecule has 0 saturated carbocycles. The van der Waals surface area contributed by atoms with Gasteiger partial charge < -0.3 is 55.0 Å². The van der Waals surface area contributed by atoms with Crippen LogP contribution in [0, 0.1) is 0 Å². The Morgan fingerprint density at radius 2 is 0.806 bits per heavy atom. The molecule has 98 heavy (non-hydrogen) atoms.